The quantitative estimate of drug-likeness (QED) is 0.828. The van der Waals surface area contributed by atoms with Crippen LogP contribution in [0.4, 0.5) is 10.5 Å². The van der Waals surface area contributed by atoms with E-state index in [1.165, 1.54) is 5.56 Å². The summed E-state index contributed by atoms with van der Waals surface area (Å²) in [6.45, 7) is 9.27. The second-order valence-electron chi connectivity index (χ2n) is 5.22. The lowest BCUT2D eigenvalue weighted by molar-refractivity contribution is 0.215. The summed E-state index contributed by atoms with van der Waals surface area (Å²) in [5.74, 6) is 0. The first-order valence-corrected chi connectivity index (χ1v) is 6.85. The molecule has 1 aromatic carbocycles. The number of urea groups is 1. The van der Waals surface area contributed by atoms with E-state index in [1.807, 2.05) is 18.7 Å². The molecule has 1 heterocycles. The smallest absolute Gasteiger partial charge is 0.321 e. The Balaban J connectivity index is 2.10. The first-order valence-electron chi connectivity index (χ1n) is 6.85. The molecule has 1 aliphatic rings. The van der Waals surface area contributed by atoms with E-state index in [9.17, 15) is 4.79 Å². The fraction of sp³-hybridized carbons (Fsp3) is 0.533. The van der Waals surface area contributed by atoms with E-state index in [4.69, 9.17) is 0 Å². The van der Waals surface area contributed by atoms with E-state index in [0.717, 1.165) is 49.4 Å². The van der Waals surface area contributed by atoms with Gasteiger partial charge in [0, 0.05) is 31.9 Å². The molecule has 1 aromatic rings. The molecule has 0 unspecified atom stereocenters. The highest BCUT2D eigenvalue weighted by atomic mass is 16.2. The van der Waals surface area contributed by atoms with Crippen molar-refractivity contribution in [2.24, 2.45) is 0 Å². The number of benzene rings is 1. The monoisotopic (exact) mass is 260 g/mol. The van der Waals surface area contributed by atoms with Gasteiger partial charge < -0.3 is 10.2 Å². The van der Waals surface area contributed by atoms with E-state index in [2.05, 4.69) is 29.7 Å². The van der Waals surface area contributed by atoms with Gasteiger partial charge in [-0.05, 0) is 38.3 Å². The van der Waals surface area contributed by atoms with E-state index < -0.39 is 0 Å². The number of nitrogens with one attached hydrogen (secondary N) is 1. The van der Waals surface area contributed by atoms with Gasteiger partial charge in [-0.2, -0.15) is 0 Å². The van der Waals surface area contributed by atoms with Gasteiger partial charge in [0.15, 0.2) is 0 Å². The van der Waals surface area contributed by atoms with Crippen LogP contribution in [0.25, 0.3) is 0 Å². The Morgan fingerprint density at radius 3 is 2.53 bits per heavy atom. The average molecular weight is 260 g/mol. The second-order valence-corrected chi connectivity index (χ2v) is 5.22. The third-order valence-electron chi connectivity index (χ3n) is 3.47. The van der Waals surface area contributed by atoms with Gasteiger partial charge in [-0.1, -0.05) is 17.7 Å². The van der Waals surface area contributed by atoms with Crippen molar-refractivity contribution in [3.63, 3.8) is 0 Å². The number of aryl methyl sites for hydroxylation is 3. The van der Waals surface area contributed by atoms with Crippen LogP contribution in [0.5, 0.6) is 0 Å². The van der Waals surface area contributed by atoms with Crippen LogP contribution in [0.3, 0.4) is 0 Å². The Labute approximate surface area is 115 Å². The fourth-order valence-corrected chi connectivity index (χ4v) is 2.55. The predicted octanol–water partition coefficient (Wildman–Crippen LogP) is 2.45. The molecule has 1 N–H and O–H groups in total. The van der Waals surface area contributed by atoms with E-state index in [1.54, 1.807) is 0 Å². The van der Waals surface area contributed by atoms with Crippen LogP contribution < -0.4 is 10.6 Å². The Bertz CT molecular complexity index is 439. The number of carbonyl (C=O) groups is 1. The predicted molar refractivity (Wildman–Crippen MR) is 77.7 cm³/mol. The van der Waals surface area contributed by atoms with Crippen molar-refractivity contribution < 1.29 is 4.79 Å². The molecule has 0 atom stereocenters. The fourth-order valence-electron chi connectivity index (χ4n) is 2.55. The molecule has 4 nitrogen and oxygen atoms in total. The van der Waals surface area contributed by atoms with E-state index in [-0.39, 0.29) is 6.03 Å². The number of amides is 2. The second kappa shape index (κ2) is 6.06. The van der Waals surface area contributed by atoms with Crippen LogP contribution in [0.2, 0.25) is 0 Å². The normalized spacial score (nSPS) is 16.1. The standard InChI is InChI=1S/C15H22N3O/c1-11-9-12(2)14(13(3)10-11)17-15(19)18-7-4-5-16-6-8-18/h9-10H,4-8H2,1-3H3,(H,17,19). The minimum atomic E-state index is -0.00727. The first-order chi connectivity index (χ1) is 9.08. The maximum Gasteiger partial charge on any atom is 0.321 e. The third kappa shape index (κ3) is 3.47. The summed E-state index contributed by atoms with van der Waals surface area (Å²) in [6, 6.07) is 4.19. The zero-order valence-corrected chi connectivity index (χ0v) is 12.0. The molecule has 0 saturated carbocycles. The molecule has 0 aliphatic carbocycles. The minimum absolute atomic E-state index is 0.00727. The number of carbonyl (C=O) groups excluding carboxylic acids is 1. The summed E-state index contributed by atoms with van der Waals surface area (Å²) in [4.78, 5) is 14.1. The van der Waals surface area contributed by atoms with Crippen molar-refractivity contribution in [3.05, 3.63) is 28.8 Å². The lowest BCUT2D eigenvalue weighted by atomic mass is 10.1. The molecule has 103 valence electrons. The molecule has 2 rings (SSSR count). The van der Waals surface area contributed by atoms with Crippen molar-refractivity contribution in [2.45, 2.75) is 27.2 Å². The van der Waals surface area contributed by atoms with Crippen LogP contribution in [-0.4, -0.2) is 37.1 Å². The molecule has 4 heteroatoms. The van der Waals surface area contributed by atoms with Gasteiger partial charge in [-0.15, -0.1) is 0 Å². The summed E-state index contributed by atoms with van der Waals surface area (Å²) in [5.41, 5.74) is 4.40. The molecule has 0 aromatic heterocycles. The Kier molecular flexibility index (Phi) is 4.43. The van der Waals surface area contributed by atoms with Crippen molar-refractivity contribution >= 4 is 11.7 Å². The van der Waals surface area contributed by atoms with Gasteiger partial charge >= 0.3 is 6.03 Å². The van der Waals surface area contributed by atoms with Gasteiger partial charge in [-0.3, -0.25) is 0 Å². The summed E-state index contributed by atoms with van der Waals surface area (Å²) in [7, 11) is 0. The highest BCUT2D eigenvalue weighted by molar-refractivity contribution is 5.91. The molecule has 1 fully saturated rings. The van der Waals surface area contributed by atoms with Gasteiger partial charge in [0.05, 0.1) is 0 Å². The zero-order chi connectivity index (χ0) is 13.8. The third-order valence-corrected chi connectivity index (χ3v) is 3.47. The van der Waals surface area contributed by atoms with Crippen molar-refractivity contribution in [2.75, 3.05) is 31.5 Å². The lowest BCUT2D eigenvalue weighted by Crippen LogP contribution is -2.37. The summed E-state index contributed by atoms with van der Waals surface area (Å²) < 4.78 is 0. The SMILES string of the molecule is Cc1cc(C)c(NC(=O)N2CCC[N]CC2)c(C)c1. The van der Waals surface area contributed by atoms with Crippen molar-refractivity contribution in [1.82, 2.24) is 10.2 Å². The van der Waals surface area contributed by atoms with Crippen LogP contribution >= 0.6 is 0 Å². The molecule has 0 bridgehead atoms. The molecular weight excluding hydrogens is 238 g/mol. The average Bonchev–Trinajstić information content (AvgIpc) is 2.62. The van der Waals surface area contributed by atoms with Crippen LogP contribution in [0.1, 0.15) is 23.1 Å². The number of nitrogens with zero attached hydrogens (tertiary/aromatic N) is 2. The molecule has 19 heavy (non-hydrogen) atoms. The van der Waals surface area contributed by atoms with E-state index >= 15 is 0 Å². The largest absolute Gasteiger partial charge is 0.323 e. The first kappa shape index (κ1) is 13.9. The highest BCUT2D eigenvalue weighted by Crippen LogP contribution is 2.22. The maximum absolute atomic E-state index is 12.3. The highest BCUT2D eigenvalue weighted by Gasteiger charge is 2.17. The summed E-state index contributed by atoms with van der Waals surface area (Å²) in [5, 5.41) is 7.38. The van der Waals surface area contributed by atoms with Gasteiger partial charge in [-0.25, -0.2) is 10.1 Å². The van der Waals surface area contributed by atoms with Gasteiger partial charge in [0.25, 0.3) is 0 Å². The summed E-state index contributed by atoms with van der Waals surface area (Å²) in [6.07, 6.45) is 0.958. The minimum Gasteiger partial charge on any atom is -0.323 e. The molecule has 0 spiro atoms. The van der Waals surface area contributed by atoms with Crippen LogP contribution in [-0.2, 0) is 0 Å². The Morgan fingerprint density at radius 2 is 1.84 bits per heavy atom. The molecule has 1 saturated heterocycles. The van der Waals surface area contributed by atoms with Crippen molar-refractivity contribution in [3.8, 4) is 0 Å². The van der Waals surface area contributed by atoms with E-state index in [0.29, 0.717) is 0 Å². The molecule has 1 radical (unpaired) electrons. The van der Waals surface area contributed by atoms with Gasteiger partial charge in [0.1, 0.15) is 0 Å². The molecule has 2 amide bonds. The van der Waals surface area contributed by atoms with Gasteiger partial charge in [0.2, 0.25) is 0 Å². The number of hydrogen-bond donors (Lipinski definition) is 1. The number of anilines is 1. The van der Waals surface area contributed by atoms with Crippen LogP contribution in [0, 0.1) is 20.8 Å². The maximum atomic E-state index is 12.3. The zero-order valence-electron chi connectivity index (χ0n) is 12.0. The lowest BCUT2D eigenvalue weighted by Gasteiger charge is -2.22. The Morgan fingerprint density at radius 1 is 1.16 bits per heavy atom. The summed E-state index contributed by atoms with van der Waals surface area (Å²) >= 11 is 0. The Hall–Kier alpha value is -1.55. The van der Waals surface area contributed by atoms with Crippen LogP contribution in [0.15, 0.2) is 12.1 Å². The number of rotatable bonds is 1. The van der Waals surface area contributed by atoms with Crippen molar-refractivity contribution in [1.29, 1.82) is 0 Å². The molecule has 1 aliphatic heterocycles. The number of hydrogen-bond acceptors (Lipinski definition) is 1. The molecular formula is C15H22N3O. The topological polar surface area (TPSA) is 46.4 Å².